The van der Waals surface area contributed by atoms with E-state index in [1.54, 1.807) is 6.20 Å². The van der Waals surface area contributed by atoms with Crippen LogP contribution in [0.1, 0.15) is 5.56 Å². The standard InChI is InChI=1S/C20H21ClN6O/c21-16-7-5-15(6-8-16)13-22-19-14-23-26-20(25-19)24-17-3-1-2-4-18(17)27-9-11-28-12-10-27/h1-8,14H,9-13H2,(H2,22,24,25,26). The number of hydrogen-bond acceptors (Lipinski definition) is 7. The highest BCUT2D eigenvalue weighted by Crippen LogP contribution is 2.28. The SMILES string of the molecule is Clc1ccc(CNc2cnnc(Nc3ccccc3N3CCOCC3)n2)cc1. The molecule has 0 atom stereocenters. The predicted molar refractivity (Wildman–Crippen MR) is 111 cm³/mol. The van der Waals surface area contributed by atoms with E-state index < -0.39 is 0 Å². The van der Waals surface area contributed by atoms with Gasteiger partial charge in [-0.3, -0.25) is 0 Å². The molecule has 1 aliphatic rings. The molecule has 0 spiro atoms. The number of rotatable bonds is 6. The van der Waals surface area contributed by atoms with Crippen LogP contribution in [0.25, 0.3) is 0 Å². The zero-order chi connectivity index (χ0) is 19.2. The van der Waals surface area contributed by atoms with Gasteiger partial charge in [0.1, 0.15) is 0 Å². The van der Waals surface area contributed by atoms with Crippen LogP contribution in [0.5, 0.6) is 0 Å². The van der Waals surface area contributed by atoms with Gasteiger partial charge < -0.3 is 20.3 Å². The van der Waals surface area contributed by atoms with Gasteiger partial charge in [0, 0.05) is 24.7 Å². The minimum atomic E-state index is 0.446. The Morgan fingerprint density at radius 1 is 1.04 bits per heavy atom. The minimum absolute atomic E-state index is 0.446. The van der Waals surface area contributed by atoms with E-state index in [4.69, 9.17) is 16.3 Å². The van der Waals surface area contributed by atoms with Crippen LogP contribution < -0.4 is 15.5 Å². The van der Waals surface area contributed by atoms with Crippen LogP contribution in [0.4, 0.5) is 23.1 Å². The summed E-state index contributed by atoms with van der Waals surface area (Å²) in [6.07, 6.45) is 1.61. The van der Waals surface area contributed by atoms with Crippen LogP contribution in [0.15, 0.2) is 54.7 Å². The molecule has 7 nitrogen and oxygen atoms in total. The molecule has 0 unspecified atom stereocenters. The Morgan fingerprint density at radius 3 is 2.64 bits per heavy atom. The average Bonchev–Trinajstić information content (AvgIpc) is 2.75. The third-order valence-electron chi connectivity index (χ3n) is 4.45. The zero-order valence-corrected chi connectivity index (χ0v) is 16.1. The number of para-hydroxylation sites is 2. The van der Waals surface area contributed by atoms with Gasteiger partial charge in [-0.25, -0.2) is 0 Å². The second-order valence-electron chi connectivity index (χ2n) is 6.39. The number of nitrogens with zero attached hydrogens (tertiary/aromatic N) is 4. The molecule has 2 aromatic carbocycles. The molecule has 1 aliphatic heterocycles. The minimum Gasteiger partial charge on any atom is -0.378 e. The number of morpholine rings is 1. The van der Waals surface area contributed by atoms with Crippen LogP contribution in [-0.2, 0) is 11.3 Å². The Labute approximate surface area is 168 Å². The third-order valence-corrected chi connectivity index (χ3v) is 4.70. The highest BCUT2D eigenvalue weighted by atomic mass is 35.5. The molecular weight excluding hydrogens is 376 g/mol. The number of nitrogens with one attached hydrogen (secondary N) is 2. The van der Waals surface area contributed by atoms with Crippen LogP contribution in [0.2, 0.25) is 5.02 Å². The first-order valence-electron chi connectivity index (χ1n) is 9.15. The molecule has 28 heavy (non-hydrogen) atoms. The van der Waals surface area contributed by atoms with Crippen molar-refractivity contribution in [2.75, 3.05) is 41.8 Å². The maximum Gasteiger partial charge on any atom is 0.249 e. The lowest BCUT2D eigenvalue weighted by atomic mass is 10.2. The van der Waals surface area contributed by atoms with Crippen LogP contribution in [-0.4, -0.2) is 41.5 Å². The van der Waals surface area contributed by atoms with Crippen LogP contribution in [0, 0.1) is 0 Å². The van der Waals surface area contributed by atoms with Crippen LogP contribution >= 0.6 is 11.6 Å². The van der Waals surface area contributed by atoms with Crippen molar-refractivity contribution in [2.24, 2.45) is 0 Å². The molecule has 3 aromatic rings. The van der Waals surface area contributed by atoms with Gasteiger partial charge in [0.05, 0.1) is 30.8 Å². The van der Waals surface area contributed by atoms with E-state index in [0.29, 0.717) is 18.3 Å². The smallest absolute Gasteiger partial charge is 0.249 e. The fraction of sp³-hybridized carbons (Fsp3) is 0.250. The molecule has 0 bridgehead atoms. The van der Waals surface area contributed by atoms with Crippen molar-refractivity contribution in [3.8, 4) is 0 Å². The summed E-state index contributed by atoms with van der Waals surface area (Å²) >= 11 is 5.93. The molecule has 1 saturated heterocycles. The molecule has 1 fully saturated rings. The molecule has 0 aliphatic carbocycles. The van der Waals surface area contributed by atoms with Crippen molar-refractivity contribution < 1.29 is 4.74 Å². The lowest BCUT2D eigenvalue weighted by Gasteiger charge is -2.30. The van der Waals surface area contributed by atoms with E-state index in [-0.39, 0.29) is 0 Å². The van der Waals surface area contributed by atoms with Gasteiger partial charge in [0.25, 0.3) is 0 Å². The van der Waals surface area contributed by atoms with Gasteiger partial charge in [0.2, 0.25) is 5.95 Å². The van der Waals surface area contributed by atoms with E-state index in [2.05, 4.69) is 36.8 Å². The molecule has 0 saturated carbocycles. The number of hydrogen-bond donors (Lipinski definition) is 2. The van der Waals surface area contributed by atoms with Crippen molar-refractivity contribution >= 4 is 34.7 Å². The topological polar surface area (TPSA) is 75.2 Å². The highest BCUT2D eigenvalue weighted by Gasteiger charge is 2.15. The van der Waals surface area contributed by atoms with Gasteiger partial charge in [-0.2, -0.15) is 10.1 Å². The van der Waals surface area contributed by atoms with Gasteiger partial charge in [-0.15, -0.1) is 5.10 Å². The molecular formula is C20H21ClN6O. The predicted octanol–water partition coefficient (Wildman–Crippen LogP) is 3.72. The normalized spacial score (nSPS) is 14.0. The number of ether oxygens (including phenoxy) is 1. The second kappa shape index (κ2) is 8.86. The summed E-state index contributed by atoms with van der Waals surface area (Å²) in [6, 6.07) is 15.8. The van der Waals surface area contributed by atoms with Gasteiger partial charge in [-0.05, 0) is 29.8 Å². The highest BCUT2D eigenvalue weighted by molar-refractivity contribution is 6.30. The lowest BCUT2D eigenvalue weighted by molar-refractivity contribution is 0.123. The van der Waals surface area contributed by atoms with Crippen LogP contribution in [0.3, 0.4) is 0 Å². The zero-order valence-electron chi connectivity index (χ0n) is 15.3. The summed E-state index contributed by atoms with van der Waals surface area (Å²) in [7, 11) is 0. The maximum absolute atomic E-state index is 5.93. The van der Waals surface area contributed by atoms with E-state index >= 15 is 0 Å². The van der Waals surface area contributed by atoms with Gasteiger partial charge in [0.15, 0.2) is 5.82 Å². The summed E-state index contributed by atoms with van der Waals surface area (Å²) in [5.74, 6) is 1.10. The summed E-state index contributed by atoms with van der Waals surface area (Å²) in [6.45, 7) is 3.81. The lowest BCUT2D eigenvalue weighted by Crippen LogP contribution is -2.36. The summed E-state index contributed by atoms with van der Waals surface area (Å²) in [5.41, 5.74) is 3.16. The molecule has 1 aromatic heterocycles. The molecule has 4 rings (SSSR count). The van der Waals surface area contributed by atoms with E-state index in [9.17, 15) is 0 Å². The molecule has 2 heterocycles. The summed E-state index contributed by atoms with van der Waals surface area (Å²) < 4.78 is 5.45. The van der Waals surface area contributed by atoms with Crippen molar-refractivity contribution in [1.82, 2.24) is 15.2 Å². The first kappa shape index (κ1) is 18.5. The fourth-order valence-corrected chi connectivity index (χ4v) is 3.14. The third kappa shape index (κ3) is 4.68. The average molecular weight is 397 g/mol. The van der Waals surface area contributed by atoms with Gasteiger partial charge >= 0.3 is 0 Å². The molecule has 8 heteroatoms. The Kier molecular flexibility index (Phi) is 5.84. The van der Waals surface area contributed by atoms with Gasteiger partial charge in [-0.1, -0.05) is 35.9 Å². The molecule has 0 amide bonds. The second-order valence-corrected chi connectivity index (χ2v) is 6.82. The molecule has 0 radical (unpaired) electrons. The monoisotopic (exact) mass is 396 g/mol. The van der Waals surface area contributed by atoms with Crippen molar-refractivity contribution in [2.45, 2.75) is 6.54 Å². The summed E-state index contributed by atoms with van der Waals surface area (Å²) in [4.78, 5) is 6.82. The Morgan fingerprint density at radius 2 is 1.82 bits per heavy atom. The molecule has 2 N–H and O–H groups in total. The van der Waals surface area contributed by atoms with Crippen molar-refractivity contribution in [3.63, 3.8) is 0 Å². The quantitative estimate of drug-likeness (QED) is 0.657. The Balaban J connectivity index is 1.45. The number of anilines is 4. The first-order valence-corrected chi connectivity index (χ1v) is 9.52. The number of halogens is 1. The fourth-order valence-electron chi connectivity index (χ4n) is 3.02. The van der Waals surface area contributed by atoms with Crippen molar-refractivity contribution in [3.05, 3.63) is 65.3 Å². The van der Waals surface area contributed by atoms with E-state index in [1.165, 1.54) is 0 Å². The van der Waals surface area contributed by atoms with E-state index in [0.717, 1.165) is 48.3 Å². The number of aromatic nitrogens is 3. The maximum atomic E-state index is 5.93. The summed E-state index contributed by atoms with van der Waals surface area (Å²) in [5, 5.41) is 15.4. The first-order chi connectivity index (χ1) is 13.8. The van der Waals surface area contributed by atoms with E-state index in [1.807, 2.05) is 42.5 Å². The van der Waals surface area contributed by atoms with Crippen molar-refractivity contribution in [1.29, 1.82) is 0 Å². The molecule has 144 valence electrons. The number of benzene rings is 2. The Bertz CT molecular complexity index is 915. The largest absolute Gasteiger partial charge is 0.378 e. The Hall–Kier alpha value is -2.90.